The van der Waals surface area contributed by atoms with E-state index in [9.17, 15) is 10.2 Å². The van der Waals surface area contributed by atoms with Gasteiger partial charge in [0.2, 0.25) is 0 Å². The topological polar surface area (TPSA) is 40.5 Å². The van der Waals surface area contributed by atoms with Gasteiger partial charge in [-0.2, -0.15) is 0 Å². The highest BCUT2D eigenvalue weighted by Gasteiger charge is 2.19. The lowest BCUT2D eigenvalue weighted by molar-refractivity contribution is 0.433. The number of fused-ring (bicyclic) bond motifs is 1. The summed E-state index contributed by atoms with van der Waals surface area (Å²) in [5, 5.41) is 20.1. The second-order valence-corrected chi connectivity index (χ2v) is 4.52. The molecule has 0 heterocycles. The molecule has 2 N–H and O–H groups in total. The first-order valence-corrected chi connectivity index (χ1v) is 6.09. The van der Waals surface area contributed by atoms with Gasteiger partial charge in [-0.3, -0.25) is 0 Å². The zero-order valence-corrected chi connectivity index (χ0v) is 9.63. The third-order valence-electron chi connectivity index (χ3n) is 3.37. The van der Waals surface area contributed by atoms with Crippen molar-refractivity contribution in [1.29, 1.82) is 0 Å². The van der Waals surface area contributed by atoms with Gasteiger partial charge in [-0.25, -0.2) is 0 Å². The summed E-state index contributed by atoms with van der Waals surface area (Å²) in [7, 11) is 0. The summed E-state index contributed by atoms with van der Waals surface area (Å²) in [6.45, 7) is 3.80. The van der Waals surface area contributed by atoms with Gasteiger partial charge >= 0.3 is 0 Å². The van der Waals surface area contributed by atoms with Gasteiger partial charge in [0.1, 0.15) is 11.5 Å². The normalized spacial score (nSPS) is 14.8. The summed E-state index contributed by atoms with van der Waals surface area (Å²) in [6, 6.07) is 1.73. The monoisotopic (exact) mass is 219 g/mol. The third-order valence-corrected chi connectivity index (χ3v) is 3.37. The minimum absolute atomic E-state index is 0.367. The van der Waals surface area contributed by atoms with E-state index in [1.165, 1.54) is 0 Å². The molecule has 1 aliphatic carbocycles. The van der Waals surface area contributed by atoms with Crippen LogP contribution in [0.5, 0.6) is 11.5 Å². The SMILES string of the molecule is [CH2]CCCc1cc(O)c2c(c1O)CCCC2. The van der Waals surface area contributed by atoms with E-state index >= 15 is 0 Å². The van der Waals surface area contributed by atoms with Crippen LogP contribution in [0.1, 0.15) is 42.4 Å². The van der Waals surface area contributed by atoms with Gasteiger partial charge in [0.25, 0.3) is 0 Å². The molecule has 0 atom stereocenters. The van der Waals surface area contributed by atoms with E-state index in [1.54, 1.807) is 6.07 Å². The highest BCUT2D eigenvalue weighted by molar-refractivity contribution is 5.53. The van der Waals surface area contributed by atoms with Crippen molar-refractivity contribution in [3.63, 3.8) is 0 Å². The van der Waals surface area contributed by atoms with Crippen molar-refractivity contribution in [3.8, 4) is 11.5 Å². The Labute approximate surface area is 96.9 Å². The summed E-state index contributed by atoms with van der Waals surface area (Å²) in [6.07, 6.45) is 6.62. The largest absolute Gasteiger partial charge is 0.508 e. The van der Waals surface area contributed by atoms with Crippen LogP contribution < -0.4 is 0 Å². The fourth-order valence-corrected chi connectivity index (χ4v) is 2.47. The summed E-state index contributed by atoms with van der Waals surface area (Å²) >= 11 is 0. The second-order valence-electron chi connectivity index (χ2n) is 4.52. The van der Waals surface area contributed by atoms with Crippen molar-refractivity contribution < 1.29 is 10.2 Å². The van der Waals surface area contributed by atoms with E-state index in [0.717, 1.165) is 61.6 Å². The first kappa shape index (κ1) is 11.3. The molecule has 16 heavy (non-hydrogen) atoms. The Morgan fingerprint density at radius 2 is 1.81 bits per heavy atom. The van der Waals surface area contributed by atoms with Crippen LogP contribution in [0.15, 0.2) is 6.07 Å². The molecule has 2 rings (SSSR count). The van der Waals surface area contributed by atoms with Crippen molar-refractivity contribution in [1.82, 2.24) is 0 Å². The Bertz CT molecular complexity index is 383. The summed E-state index contributed by atoms with van der Waals surface area (Å²) in [4.78, 5) is 0. The van der Waals surface area contributed by atoms with Crippen LogP contribution >= 0.6 is 0 Å². The van der Waals surface area contributed by atoms with Crippen molar-refractivity contribution in [2.24, 2.45) is 0 Å². The van der Waals surface area contributed by atoms with E-state index < -0.39 is 0 Å². The zero-order chi connectivity index (χ0) is 11.5. The Morgan fingerprint density at radius 1 is 1.12 bits per heavy atom. The predicted octanol–water partition coefficient (Wildman–Crippen LogP) is 3.13. The molecule has 2 heteroatoms. The van der Waals surface area contributed by atoms with Crippen LogP contribution in [-0.2, 0) is 19.3 Å². The Balaban J connectivity index is 2.37. The van der Waals surface area contributed by atoms with Crippen molar-refractivity contribution in [2.45, 2.75) is 44.9 Å². The second kappa shape index (κ2) is 4.77. The van der Waals surface area contributed by atoms with Gasteiger partial charge in [0.05, 0.1) is 0 Å². The molecule has 0 amide bonds. The van der Waals surface area contributed by atoms with Gasteiger partial charge in [-0.15, -0.1) is 0 Å². The summed E-state index contributed by atoms with van der Waals surface area (Å²) in [5.74, 6) is 0.785. The highest BCUT2D eigenvalue weighted by atomic mass is 16.3. The molecule has 0 saturated carbocycles. The molecule has 2 nitrogen and oxygen atoms in total. The lowest BCUT2D eigenvalue weighted by Gasteiger charge is -2.20. The number of phenols is 2. The van der Waals surface area contributed by atoms with Crippen LogP contribution in [0.3, 0.4) is 0 Å². The molecule has 0 fully saturated rings. The fraction of sp³-hybridized carbons (Fsp3) is 0.500. The lowest BCUT2D eigenvalue weighted by atomic mass is 9.87. The van der Waals surface area contributed by atoms with E-state index in [0.29, 0.717) is 11.5 Å². The molecule has 0 bridgehead atoms. The lowest BCUT2D eigenvalue weighted by Crippen LogP contribution is -2.05. The number of unbranched alkanes of at least 4 members (excludes halogenated alkanes) is 1. The van der Waals surface area contributed by atoms with E-state index in [2.05, 4.69) is 6.92 Å². The number of hydrogen-bond acceptors (Lipinski definition) is 2. The van der Waals surface area contributed by atoms with Gasteiger partial charge in [0, 0.05) is 11.1 Å². The maximum atomic E-state index is 10.2. The number of aromatic hydroxyl groups is 2. The molecule has 0 aliphatic heterocycles. The quantitative estimate of drug-likeness (QED) is 0.767. The van der Waals surface area contributed by atoms with E-state index in [4.69, 9.17) is 0 Å². The van der Waals surface area contributed by atoms with Crippen LogP contribution in [-0.4, -0.2) is 10.2 Å². The molecule has 1 aromatic carbocycles. The average Bonchev–Trinajstić information content (AvgIpc) is 2.32. The Hall–Kier alpha value is -1.18. The molecular formula is C14H19O2. The molecule has 1 aromatic rings. The standard InChI is InChI=1S/C14H19O2/c1-2-3-6-10-9-13(15)11-7-4-5-8-12(11)14(10)16/h9,15-16H,1-8H2. The zero-order valence-electron chi connectivity index (χ0n) is 9.63. The Morgan fingerprint density at radius 3 is 2.50 bits per heavy atom. The number of aryl methyl sites for hydroxylation is 1. The highest BCUT2D eigenvalue weighted by Crippen LogP contribution is 2.38. The minimum Gasteiger partial charge on any atom is -0.508 e. The van der Waals surface area contributed by atoms with E-state index in [-0.39, 0.29) is 0 Å². The first-order valence-electron chi connectivity index (χ1n) is 6.09. The van der Waals surface area contributed by atoms with E-state index in [1.807, 2.05) is 0 Å². The van der Waals surface area contributed by atoms with Crippen LogP contribution in [0, 0.1) is 6.92 Å². The van der Waals surface area contributed by atoms with Gasteiger partial charge in [-0.1, -0.05) is 13.3 Å². The maximum absolute atomic E-state index is 10.2. The van der Waals surface area contributed by atoms with Crippen molar-refractivity contribution in [2.75, 3.05) is 0 Å². The molecule has 0 aromatic heterocycles. The molecular weight excluding hydrogens is 200 g/mol. The molecule has 1 aliphatic rings. The Kier molecular flexibility index (Phi) is 3.37. The van der Waals surface area contributed by atoms with Crippen LogP contribution in [0.2, 0.25) is 0 Å². The molecule has 0 spiro atoms. The van der Waals surface area contributed by atoms with Crippen molar-refractivity contribution in [3.05, 3.63) is 29.7 Å². The number of benzene rings is 1. The number of hydrogen-bond donors (Lipinski definition) is 2. The van der Waals surface area contributed by atoms with Crippen molar-refractivity contribution >= 4 is 0 Å². The molecule has 1 radical (unpaired) electrons. The average molecular weight is 219 g/mol. The molecule has 87 valence electrons. The molecule has 0 unspecified atom stereocenters. The fourth-order valence-electron chi connectivity index (χ4n) is 2.47. The number of phenolic OH excluding ortho intramolecular Hbond substituents is 2. The van der Waals surface area contributed by atoms with Crippen LogP contribution in [0.4, 0.5) is 0 Å². The summed E-state index contributed by atoms with van der Waals surface area (Å²) < 4.78 is 0. The third kappa shape index (κ3) is 2.01. The smallest absolute Gasteiger partial charge is 0.122 e. The predicted molar refractivity (Wildman–Crippen MR) is 64.7 cm³/mol. The van der Waals surface area contributed by atoms with Gasteiger partial charge < -0.3 is 10.2 Å². The summed E-state index contributed by atoms with van der Waals surface area (Å²) in [5.41, 5.74) is 2.81. The minimum atomic E-state index is 0.367. The van der Waals surface area contributed by atoms with Gasteiger partial charge in [-0.05, 0) is 50.2 Å². The maximum Gasteiger partial charge on any atom is 0.122 e. The molecule has 0 saturated heterocycles. The van der Waals surface area contributed by atoms with Gasteiger partial charge in [0.15, 0.2) is 0 Å². The van der Waals surface area contributed by atoms with Crippen LogP contribution in [0.25, 0.3) is 0 Å². The first-order chi connectivity index (χ1) is 7.74. The number of rotatable bonds is 3.